The van der Waals surface area contributed by atoms with E-state index >= 15 is 0 Å². The third kappa shape index (κ3) is 3.52. The van der Waals surface area contributed by atoms with Crippen LogP contribution in [0.4, 0.5) is 11.4 Å². The largest absolute Gasteiger partial charge is 0.497 e. The summed E-state index contributed by atoms with van der Waals surface area (Å²) in [5.74, 6) is -0.248. The molecule has 0 bridgehead atoms. The number of benzene rings is 2. The molecule has 1 aliphatic rings. The van der Waals surface area contributed by atoms with Crippen LogP contribution >= 0.6 is 22.9 Å². The average molecular weight is 425 g/mol. The molecule has 7 heteroatoms. The van der Waals surface area contributed by atoms with Gasteiger partial charge < -0.3 is 10.1 Å². The lowest BCUT2D eigenvalue weighted by Crippen LogP contribution is -2.32. The molecule has 4 rings (SSSR count). The van der Waals surface area contributed by atoms with Gasteiger partial charge in [-0.3, -0.25) is 9.59 Å². The molecule has 1 aromatic heterocycles. The van der Waals surface area contributed by atoms with Crippen molar-refractivity contribution in [3.05, 3.63) is 81.1 Å². The second-order valence-corrected chi connectivity index (χ2v) is 7.82. The smallest absolute Gasteiger partial charge is 0.282 e. The van der Waals surface area contributed by atoms with Gasteiger partial charge in [0, 0.05) is 21.7 Å². The molecule has 0 radical (unpaired) electrons. The number of methoxy groups -OCH3 is 1. The van der Waals surface area contributed by atoms with Gasteiger partial charge in [0.25, 0.3) is 11.8 Å². The lowest BCUT2D eigenvalue weighted by atomic mass is 10.1. The number of nitrogens with one attached hydrogen (secondary N) is 1. The quantitative estimate of drug-likeness (QED) is 0.578. The second kappa shape index (κ2) is 7.73. The van der Waals surface area contributed by atoms with Gasteiger partial charge in [0.1, 0.15) is 11.4 Å². The van der Waals surface area contributed by atoms with Gasteiger partial charge in [-0.25, -0.2) is 4.90 Å². The van der Waals surface area contributed by atoms with Gasteiger partial charge in [-0.05, 0) is 48.2 Å². The molecule has 1 aliphatic heterocycles. The Labute approximate surface area is 177 Å². The summed E-state index contributed by atoms with van der Waals surface area (Å²) >= 11 is 7.63. The van der Waals surface area contributed by atoms with E-state index in [0.717, 1.165) is 15.3 Å². The van der Waals surface area contributed by atoms with Gasteiger partial charge in [-0.15, -0.1) is 11.3 Å². The topological polar surface area (TPSA) is 58.6 Å². The standard InChI is InChI=1S/C22H17ClN2O3S/c1-13-8-9-14(11-17(13)23)24-20-19(18-7-4-10-29-18)21(26)25(22(20)27)15-5-3-6-16(12-15)28-2/h3-12,24H,1-2H3. The highest BCUT2D eigenvalue weighted by atomic mass is 35.5. The molecule has 146 valence electrons. The number of hydrogen-bond acceptors (Lipinski definition) is 5. The molecular weight excluding hydrogens is 408 g/mol. The zero-order valence-corrected chi connectivity index (χ0v) is 17.3. The summed E-state index contributed by atoms with van der Waals surface area (Å²) in [6.07, 6.45) is 0. The van der Waals surface area contributed by atoms with Crippen molar-refractivity contribution < 1.29 is 14.3 Å². The first kappa shape index (κ1) is 19.2. The van der Waals surface area contributed by atoms with Crippen molar-refractivity contribution in [3.63, 3.8) is 0 Å². The van der Waals surface area contributed by atoms with Crippen LogP contribution in [0.25, 0.3) is 5.57 Å². The maximum absolute atomic E-state index is 13.3. The molecule has 2 aromatic carbocycles. The van der Waals surface area contributed by atoms with Crippen molar-refractivity contribution in [3.8, 4) is 5.75 Å². The van der Waals surface area contributed by atoms with Crippen LogP contribution in [0.5, 0.6) is 5.75 Å². The lowest BCUT2D eigenvalue weighted by Gasteiger charge is -2.16. The number of thiophene rings is 1. The fourth-order valence-electron chi connectivity index (χ4n) is 3.09. The monoisotopic (exact) mass is 424 g/mol. The molecule has 0 atom stereocenters. The van der Waals surface area contributed by atoms with Gasteiger partial charge in [-0.1, -0.05) is 29.8 Å². The van der Waals surface area contributed by atoms with Gasteiger partial charge in [-0.2, -0.15) is 0 Å². The van der Waals surface area contributed by atoms with Crippen LogP contribution in [-0.2, 0) is 9.59 Å². The Balaban J connectivity index is 1.79. The molecule has 0 saturated carbocycles. The fourth-order valence-corrected chi connectivity index (χ4v) is 4.04. The number of anilines is 2. The highest BCUT2D eigenvalue weighted by Gasteiger charge is 2.40. The number of carbonyl (C=O) groups excluding carboxylic acids is 2. The van der Waals surface area contributed by atoms with Crippen LogP contribution in [-0.4, -0.2) is 18.9 Å². The molecule has 0 saturated heterocycles. The number of ether oxygens (including phenoxy) is 1. The van der Waals surface area contributed by atoms with E-state index in [-0.39, 0.29) is 11.6 Å². The SMILES string of the molecule is COc1cccc(N2C(=O)C(Nc3ccc(C)c(Cl)c3)=C(c3cccs3)C2=O)c1. The molecule has 0 aliphatic carbocycles. The van der Waals surface area contributed by atoms with Crippen LogP contribution in [0.3, 0.4) is 0 Å². The highest BCUT2D eigenvalue weighted by molar-refractivity contribution is 7.11. The van der Waals surface area contributed by atoms with Crippen molar-refractivity contribution in [1.82, 2.24) is 0 Å². The third-order valence-corrected chi connectivity index (χ3v) is 5.90. The van der Waals surface area contributed by atoms with Gasteiger partial charge in [0.15, 0.2) is 0 Å². The summed E-state index contributed by atoms with van der Waals surface area (Å²) < 4.78 is 5.24. The Morgan fingerprint density at radius 2 is 1.86 bits per heavy atom. The zero-order valence-electron chi connectivity index (χ0n) is 15.7. The van der Waals surface area contributed by atoms with E-state index in [1.54, 1.807) is 30.3 Å². The van der Waals surface area contributed by atoms with Gasteiger partial charge in [0.05, 0.1) is 18.4 Å². The summed E-state index contributed by atoms with van der Waals surface area (Å²) in [6.45, 7) is 1.90. The van der Waals surface area contributed by atoms with Gasteiger partial charge >= 0.3 is 0 Å². The van der Waals surface area contributed by atoms with Crippen molar-refractivity contribution in [1.29, 1.82) is 0 Å². The highest BCUT2D eigenvalue weighted by Crippen LogP contribution is 2.36. The number of imide groups is 1. The lowest BCUT2D eigenvalue weighted by molar-refractivity contribution is -0.120. The van der Waals surface area contributed by atoms with Crippen molar-refractivity contribution >= 4 is 51.7 Å². The summed E-state index contributed by atoms with van der Waals surface area (Å²) in [4.78, 5) is 28.5. The summed E-state index contributed by atoms with van der Waals surface area (Å²) in [5.41, 5.74) is 2.58. The van der Waals surface area contributed by atoms with E-state index in [4.69, 9.17) is 16.3 Å². The molecule has 3 aromatic rings. The normalized spacial score (nSPS) is 14.0. The van der Waals surface area contributed by atoms with Crippen LogP contribution in [0.2, 0.25) is 5.02 Å². The maximum atomic E-state index is 13.3. The van der Waals surface area contributed by atoms with Crippen molar-refractivity contribution in [2.24, 2.45) is 0 Å². The minimum Gasteiger partial charge on any atom is -0.497 e. The van der Waals surface area contributed by atoms with E-state index in [2.05, 4.69) is 5.32 Å². The second-order valence-electron chi connectivity index (χ2n) is 6.46. The molecule has 1 N–H and O–H groups in total. The molecule has 29 heavy (non-hydrogen) atoms. The van der Waals surface area contributed by atoms with Crippen LogP contribution in [0.1, 0.15) is 10.4 Å². The van der Waals surface area contributed by atoms with Crippen LogP contribution in [0, 0.1) is 6.92 Å². The number of amides is 2. The predicted octanol–water partition coefficient (Wildman–Crippen LogP) is 5.12. The fraction of sp³-hybridized carbons (Fsp3) is 0.0909. The third-order valence-electron chi connectivity index (χ3n) is 4.60. The molecule has 2 amide bonds. The van der Waals surface area contributed by atoms with Crippen LogP contribution in [0.15, 0.2) is 65.7 Å². The first-order chi connectivity index (χ1) is 14.0. The van der Waals surface area contributed by atoms with Crippen LogP contribution < -0.4 is 15.0 Å². The predicted molar refractivity (Wildman–Crippen MR) is 117 cm³/mol. The number of aryl methyl sites for hydroxylation is 1. The Hall–Kier alpha value is -3.09. The minimum atomic E-state index is -0.427. The Bertz CT molecular complexity index is 1140. The van der Waals surface area contributed by atoms with E-state index in [9.17, 15) is 9.59 Å². The Morgan fingerprint density at radius 3 is 2.55 bits per heavy atom. The van der Waals surface area contributed by atoms with E-state index in [0.29, 0.717) is 27.7 Å². The molecular formula is C22H17ClN2O3S. The molecule has 2 heterocycles. The zero-order chi connectivity index (χ0) is 20.5. The van der Waals surface area contributed by atoms with Crippen molar-refractivity contribution in [2.45, 2.75) is 6.92 Å². The first-order valence-electron chi connectivity index (χ1n) is 8.83. The van der Waals surface area contributed by atoms with E-state index in [1.165, 1.54) is 18.4 Å². The molecule has 5 nitrogen and oxygen atoms in total. The minimum absolute atomic E-state index is 0.222. The number of carbonyl (C=O) groups is 2. The molecule has 0 unspecified atom stereocenters. The summed E-state index contributed by atoms with van der Waals surface area (Å²) in [7, 11) is 1.54. The first-order valence-corrected chi connectivity index (χ1v) is 10.1. The number of hydrogen-bond donors (Lipinski definition) is 1. The average Bonchev–Trinajstić information content (AvgIpc) is 3.32. The summed E-state index contributed by atoms with van der Waals surface area (Å²) in [6, 6.07) is 16.0. The molecule has 0 fully saturated rings. The Morgan fingerprint density at radius 1 is 1.03 bits per heavy atom. The number of nitrogens with zero attached hydrogens (tertiary/aromatic N) is 1. The van der Waals surface area contributed by atoms with Crippen molar-refractivity contribution in [2.75, 3.05) is 17.3 Å². The van der Waals surface area contributed by atoms with E-state index < -0.39 is 5.91 Å². The Kier molecular flexibility index (Phi) is 5.13. The number of halogens is 1. The summed E-state index contributed by atoms with van der Waals surface area (Å²) in [5, 5.41) is 5.56. The number of rotatable bonds is 5. The van der Waals surface area contributed by atoms with E-state index in [1.807, 2.05) is 36.6 Å². The van der Waals surface area contributed by atoms with Gasteiger partial charge in [0.2, 0.25) is 0 Å². The maximum Gasteiger partial charge on any atom is 0.282 e. The molecule has 0 spiro atoms.